The van der Waals surface area contributed by atoms with E-state index in [-0.39, 0.29) is 0 Å². The maximum atomic E-state index is 11.6. The van der Waals surface area contributed by atoms with Crippen LogP contribution in [0.25, 0.3) is 0 Å². The first kappa shape index (κ1) is 22.3. The lowest BCUT2D eigenvalue weighted by atomic mass is 9.68. The van der Waals surface area contributed by atoms with Gasteiger partial charge in [-0.05, 0) is 62.2 Å². The zero-order valence-corrected chi connectivity index (χ0v) is 20.4. The van der Waals surface area contributed by atoms with Crippen LogP contribution in [0.2, 0.25) is 18.1 Å². The first-order valence-corrected chi connectivity index (χ1v) is 15.9. The Morgan fingerprint density at radius 1 is 0.733 bits per heavy atom. The average Bonchev–Trinajstić information content (AvgIpc) is 2.81. The quantitative estimate of drug-likeness (QED) is 0.327. The van der Waals surface area contributed by atoms with E-state index in [1.807, 2.05) is 0 Å². The molecular formula is C28H44OSi. The summed E-state index contributed by atoms with van der Waals surface area (Å²) in [7, 11) is -1.28. The van der Waals surface area contributed by atoms with Gasteiger partial charge in [0.1, 0.15) is 5.78 Å². The zero-order chi connectivity index (χ0) is 20.8. The van der Waals surface area contributed by atoms with Crippen LogP contribution in [-0.4, -0.2) is 13.9 Å². The minimum Gasteiger partial charge on any atom is -0.300 e. The first-order valence-electron chi connectivity index (χ1n) is 13.3. The summed E-state index contributed by atoms with van der Waals surface area (Å²) in [6.45, 7) is 2.34. The molecule has 1 nitrogen and oxygen atoms in total. The van der Waals surface area contributed by atoms with Crippen molar-refractivity contribution >= 4 is 19.0 Å². The molecule has 0 radical (unpaired) electrons. The van der Waals surface area contributed by atoms with Crippen LogP contribution in [0.1, 0.15) is 90.4 Å². The Bertz CT molecular complexity index is 642. The molecule has 0 unspecified atom stereocenters. The van der Waals surface area contributed by atoms with Crippen molar-refractivity contribution in [2.75, 3.05) is 0 Å². The van der Waals surface area contributed by atoms with E-state index in [0.717, 1.165) is 36.5 Å². The van der Waals surface area contributed by atoms with Crippen LogP contribution < -0.4 is 5.19 Å². The van der Waals surface area contributed by atoms with Crippen molar-refractivity contribution in [3.8, 4) is 0 Å². The second kappa shape index (κ2) is 10.6. The molecule has 30 heavy (non-hydrogen) atoms. The Morgan fingerprint density at radius 3 is 1.83 bits per heavy atom. The highest BCUT2D eigenvalue weighted by Crippen LogP contribution is 2.46. The molecule has 0 N–H and O–H groups in total. The van der Waals surface area contributed by atoms with Gasteiger partial charge in [0.25, 0.3) is 0 Å². The van der Waals surface area contributed by atoms with Crippen molar-refractivity contribution in [2.45, 2.75) is 109 Å². The van der Waals surface area contributed by atoms with Crippen LogP contribution in [-0.2, 0) is 4.79 Å². The van der Waals surface area contributed by atoms with E-state index in [4.69, 9.17) is 0 Å². The zero-order valence-electron chi connectivity index (χ0n) is 19.4. The van der Waals surface area contributed by atoms with Gasteiger partial charge in [-0.25, -0.2) is 0 Å². The highest BCUT2D eigenvalue weighted by atomic mass is 28.3. The van der Waals surface area contributed by atoms with Crippen LogP contribution in [0.5, 0.6) is 0 Å². The molecule has 3 aliphatic rings. The summed E-state index contributed by atoms with van der Waals surface area (Å²) in [5.41, 5.74) is 0. The minimum absolute atomic E-state index is 0.521. The molecule has 2 saturated carbocycles. The predicted octanol–water partition coefficient (Wildman–Crippen LogP) is 7.51. The lowest BCUT2D eigenvalue weighted by Crippen LogP contribution is -2.50. The Kier molecular flexibility index (Phi) is 7.89. The fraction of sp³-hybridized carbons (Fsp3) is 0.750. The van der Waals surface area contributed by atoms with Crippen LogP contribution in [0.15, 0.2) is 30.3 Å². The van der Waals surface area contributed by atoms with E-state index < -0.39 is 8.07 Å². The molecule has 4 rings (SSSR count). The van der Waals surface area contributed by atoms with Gasteiger partial charge in [-0.3, -0.25) is 4.79 Å². The van der Waals surface area contributed by atoms with Gasteiger partial charge in [0, 0.05) is 12.8 Å². The van der Waals surface area contributed by atoms with E-state index in [2.05, 4.69) is 37.3 Å². The maximum absolute atomic E-state index is 11.6. The number of unbranched alkanes of at least 4 members (excludes halogenated alkanes) is 2. The lowest BCUT2D eigenvalue weighted by Gasteiger charge is -2.44. The molecule has 1 heterocycles. The molecule has 0 amide bonds. The molecule has 2 aliphatic carbocycles. The highest BCUT2D eigenvalue weighted by Gasteiger charge is 2.41. The number of carbonyl (C=O) groups is 1. The molecule has 3 fully saturated rings. The molecule has 166 valence electrons. The smallest absolute Gasteiger partial charge is 0.132 e. The summed E-state index contributed by atoms with van der Waals surface area (Å²) < 4.78 is 0. The third-order valence-electron chi connectivity index (χ3n) is 9.37. The van der Waals surface area contributed by atoms with Crippen molar-refractivity contribution in [1.29, 1.82) is 0 Å². The number of Topliss-reactive ketones (excluding diaryl/α,β-unsaturated/α-hetero) is 1. The molecule has 0 spiro atoms. The van der Waals surface area contributed by atoms with Gasteiger partial charge in [0.15, 0.2) is 0 Å². The number of ketones is 1. The topological polar surface area (TPSA) is 17.1 Å². The number of benzene rings is 1. The number of rotatable bonds is 7. The number of hydrogen-bond acceptors (Lipinski definition) is 1. The fourth-order valence-electron chi connectivity index (χ4n) is 7.37. The van der Waals surface area contributed by atoms with Crippen LogP contribution in [0, 0.1) is 23.7 Å². The van der Waals surface area contributed by atoms with Crippen molar-refractivity contribution < 1.29 is 4.79 Å². The third kappa shape index (κ3) is 5.29. The standard InChI is InChI=1S/C28H44OSi/c1-2-3-7-20-30(28-8-5-4-6-9-28)21-18-26(19-22-30)24-12-10-23(11-13-24)25-14-16-27(29)17-15-25/h4-6,8-9,23-26H,2-3,7,10-22H2,1H3. The Labute approximate surface area is 186 Å². The van der Waals surface area contributed by atoms with Gasteiger partial charge in [-0.15, -0.1) is 0 Å². The van der Waals surface area contributed by atoms with Crippen molar-refractivity contribution in [3.63, 3.8) is 0 Å². The summed E-state index contributed by atoms with van der Waals surface area (Å²) >= 11 is 0. The summed E-state index contributed by atoms with van der Waals surface area (Å²) in [4.78, 5) is 11.6. The molecule has 1 aliphatic heterocycles. The van der Waals surface area contributed by atoms with Crippen molar-refractivity contribution in [2.24, 2.45) is 23.7 Å². The molecule has 0 atom stereocenters. The van der Waals surface area contributed by atoms with Crippen molar-refractivity contribution in [3.05, 3.63) is 30.3 Å². The Balaban J connectivity index is 1.30. The van der Waals surface area contributed by atoms with Gasteiger partial charge in [-0.2, -0.15) is 0 Å². The van der Waals surface area contributed by atoms with Crippen LogP contribution >= 0.6 is 0 Å². The Morgan fingerprint density at radius 2 is 1.27 bits per heavy atom. The Hall–Kier alpha value is -0.893. The summed E-state index contributed by atoms with van der Waals surface area (Å²) in [6, 6.07) is 16.4. The van der Waals surface area contributed by atoms with Crippen LogP contribution in [0.4, 0.5) is 0 Å². The summed E-state index contributed by atoms with van der Waals surface area (Å²) in [6.07, 6.45) is 17.3. The lowest BCUT2D eigenvalue weighted by molar-refractivity contribution is -0.121. The fourth-order valence-corrected chi connectivity index (χ4v) is 12.7. The van der Waals surface area contributed by atoms with Gasteiger partial charge >= 0.3 is 0 Å². The van der Waals surface area contributed by atoms with E-state index in [1.165, 1.54) is 76.7 Å². The van der Waals surface area contributed by atoms with E-state index in [0.29, 0.717) is 5.78 Å². The second-order valence-corrected chi connectivity index (χ2v) is 15.6. The van der Waals surface area contributed by atoms with Gasteiger partial charge < -0.3 is 0 Å². The predicted molar refractivity (Wildman–Crippen MR) is 131 cm³/mol. The van der Waals surface area contributed by atoms with Crippen LogP contribution in [0.3, 0.4) is 0 Å². The molecular weight excluding hydrogens is 380 g/mol. The number of carbonyl (C=O) groups excluding carboxylic acids is 1. The molecule has 2 heteroatoms. The summed E-state index contributed by atoms with van der Waals surface area (Å²) in [5, 5.41) is 1.76. The monoisotopic (exact) mass is 424 g/mol. The highest BCUT2D eigenvalue weighted by molar-refractivity contribution is 6.92. The van der Waals surface area contributed by atoms with Gasteiger partial charge in [0.05, 0.1) is 8.07 Å². The van der Waals surface area contributed by atoms with Crippen molar-refractivity contribution in [1.82, 2.24) is 0 Å². The number of hydrogen-bond donors (Lipinski definition) is 0. The second-order valence-electron chi connectivity index (χ2n) is 11.0. The van der Waals surface area contributed by atoms with E-state index in [1.54, 1.807) is 17.3 Å². The largest absolute Gasteiger partial charge is 0.300 e. The molecule has 1 saturated heterocycles. The normalized spacial score (nSPS) is 33.5. The molecule has 1 aromatic rings. The van der Waals surface area contributed by atoms with Gasteiger partial charge in [0.2, 0.25) is 0 Å². The molecule has 1 aromatic carbocycles. The third-order valence-corrected chi connectivity index (χ3v) is 14.7. The average molecular weight is 425 g/mol. The SMILES string of the molecule is CCCCC[Si]1(c2ccccc2)CCC(C2CCC(C3CCC(=O)CC3)CC2)CC1. The van der Waals surface area contributed by atoms with Gasteiger partial charge in [-0.1, -0.05) is 92.7 Å². The maximum Gasteiger partial charge on any atom is 0.132 e. The minimum atomic E-state index is -1.28. The van der Waals surface area contributed by atoms with E-state index in [9.17, 15) is 4.79 Å². The summed E-state index contributed by atoms with van der Waals surface area (Å²) in [5.74, 6) is 4.34. The first-order chi connectivity index (χ1) is 14.7. The molecule has 0 aromatic heterocycles. The molecule has 0 bridgehead atoms. The van der Waals surface area contributed by atoms with E-state index >= 15 is 0 Å².